The van der Waals surface area contributed by atoms with Gasteiger partial charge in [-0.05, 0) is 48.6 Å². The predicted octanol–water partition coefficient (Wildman–Crippen LogP) is 2.77. The quantitative estimate of drug-likeness (QED) is 0.125. The molecular weight excluding hydrogens is 560 g/mol. The van der Waals surface area contributed by atoms with E-state index in [-0.39, 0.29) is 30.7 Å². The van der Waals surface area contributed by atoms with Gasteiger partial charge in [-0.3, -0.25) is 14.4 Å². The lowest BCUT2D eigenvalue weighted by molar-refractivity contribution is -0.142. The van der Waals surface area contributed by atoms with Crippen molar-refractivity contribution >= 4 is 45.5 Å². The van der Waals surface area contributed by atoms with Crippen LogP contribution in [0, 0.1) is 5.92 Å². The third-order valence-electron chi connectivity index (χ3n) is 8.62. The number of aromatic amines is 2. The molecule has 1 aliphatic rings. The molecule has 5 unspecified atom stereocenters. The zero-order chi connectivity index (χ0) is 31.2. The second-order valence-corrected chi connectivity index (χ2v) is 11.6. The van der Waals surface area contributed by atoms with E-state index in [9.17, 15) is 24.3 Å². The lowest BCUT2D eigenvalue weighted by atomic mass is 9.96. The highest BCUT2D eigenvalue weighted by atomic mass is 16.4. The van der Waals surface area contributed by atoms with E-state index >= 15 is 0 Å². The lowest BCUT2D eigenvalue weighted by Gasteiger charge is -2.28. The smallest absolute Gasteiger partial charge is 0.326 e. The number of carboxylic acids is 1. The van der Waals surface area contributed by atoms with E-state index in [2.05, 4.69) is 31.2 Å². The van der Waals surface area contributed by atoms with Crippen LogP contribution in [-0.4, -0.2) is 69.5 Å². The van der Waals surface area contributed by atoms with Gasteiger partial charge in [0.2, 0.25) is 17.7 Å². The second-order valence-electron chi connectivity index (χ2n) is 11.6. The topological polar surface area (TPSA) is 168 Å². The molecule has 5 atom stereocenters. The van der Waals surface area contributed by atoms with Crippen LogP contribution in [0.15, 0.2) is 60.9 Å². The molecule has 1 aliphatic heterocycles. The minimum atomic E-state index is -1.23. The number of H-pyrrole nitrogens is 2. The van der Waals surface area contributed by atoms with Crippen LogP contribution in [0.3, 0.4) is 0 Å². The average molecular weight is 601 g/mol. The normalized spacial score (nSPS) is 17.5. The maximum absolute atomic E-state index is 13.8. The number of aliphatic carboxylic acids is 1. The number of carbonyl (C=O) groups is 4. The predicted molar refractivity (Wildman–Crippen MR) is 168 cm³/mol. The summed E-state index contributed by atoms with van der Waals surface area (Å²) in [5, 5.41) is 23.4. The molecule has 3 heterocycles. The van der Waals surface area contributed by atoms with Crippen LogP contribution < -0.4 is 21.3 Å². The molecule has 11 nitrogen and oxygen atoms in total. The summed E-state index contributed by atoms with van der Waals surface area (Å²) >= 11 is 0. The Balaban J connectivity index is 1.38. The zero-order valence-corrected chi connectivity index (χ0v) is 25.0. The molecule has 0 radical (unpaired) electrons. The molecular formula is C33H40N6O5. The van der Waals surface area contributed by atoms with E-state index in [4.69, 9.17) is 0 Å². The van der Waals surface area contributed by atoms with E-state index in [1.165, 1.54) is 0 Å². The van der Waals surface area contributed by atoms with Gasteiger partial charge in [-0.25, -0.2) is 4.79 Å². The summed E-state index contributed by atoms with van der Waals surface area (Å²) in [7, 11) is 0. The van der Waals surface area contributed by atoms with Crippen molar-refractivity contribution in [3.8, 4) is 0 Å². The first-order valence-electron chi connectivity index (χ1n) is 15.2. The van der Waals surface area contributed by atoms with Crippen LogP contribution in [0.4, 0.5) is 0 Å². The van der Waals surface area contributed by atoms with Crippen LogP contribution in [0.2, 0.25) is 0 Å². The molecule has 0 saturated carbocycles. The van der Waals surface area contributed by atoms with Crippen LogP contribution in [0.25, 0.3) is 21.8 Å². The van der Waals surface area contributed by atoms with Crippen molar-refractivity contribution in [2.45, 2.75) is 70.1 Å². The second kappa shape index (κ2) is 13.8. The first-order chi connectivity index (χ1) is 21.2. The van der Waals surface area contributed by atoms with Crippen molar-refractivity contribution in [2.24, 2.45) is 5.92 Å². The van der Waals surface area contributed by atoms with E-state index in [0.29, 0.717) is 12.8 Å². The van der Waals surface area contributed by atoms with E-state index < -0.39 is 35.9 Å². The average Bonchev–Trinajstić information content (AvgIpc) is 3.80. The summed E-state index contributed by atoms with van der Waals surface area (Å²) in [5.74, 6) is -2.75. The molecule has 0 bridgehead atoms. The Labute approximate surface area is 255 Å². The Bertz CT molecular complexity index is 1640. The van der Waals surface area contributed by atoms with Crippen molar-refractivity contribution in [3.63, 3.8) is 0 Å². The minimum Gasteiger partial charge on any atom is -0.480 e. The summed E-state index contributed by atoms with van der Waals surface area (Å²) < 4.78 is 0. The SMILES string of the molecule is CCC(C)C(NC(=O)C1CCCN1)C(=O)NC(Cc1c[nH]c2ccccc12)C(=O)NC(Cc1c[nH]c2ccccc12)C(=O)O. The highest BCUT2D eigenvalue weighted by molar-refractivity contribution is 5.95. The van der Waals surface area contributed by atoms with Gasteiger partial charge < -0.3 is 36.3 Å². The Morgan fingerprint density at radius 1 is 0.841 bits per heavy atom. The van der Waals surface area contributed by atoms with Crippen molar-refractivity contribution < 1.29 is 24.3 Å². The molecule has 5 rings (SSSR count). The maximum atomic E-state index is 13.8. The molecule has 1 saturated heterocycles. The molecule has 1 fully saturated rings. The summed E-state index contributed by atoms with van der Waals surface area (Å²) in [6.45, 7) is 4.56. The summed E-state index contributed by atoms with van der Waals surface area (Å²) in [6.07, 6.45) is 5.91. The maximum Gasteiger partial charge on any atom is 0.326 e. The number of hydrogen-bond donors (Lipinski definition) is 7. The first-order valence-corrected chi connectivity index (χ1v) is 15.2. The van der Waals surface area contributed by atoms with Crippen molar-refractivity contribution in [3.05, 3.63) is 72.1 Å². The third-order valence-corrected chi connectivity index (χ3v) is 8.62. The van der Waals surface area contributed by atoms with E-state index in [1.54, 1.807) is 12.4 Å². The number of carbonyl (C=O) groups excluding carboxylic acids is 3. The Kier molecular flexibility index (Phi) is 9.64. The third kappa shape index (κ3) is 6.94. The molecule has 44 heavy (non-hydrogen) atoms. The van der Waals surface area contributed by atoms with Crippen molar-refractivity contribution in [1.29, 1.82) is 0 Å². The number of hydrogen-bond acceptors (Lipinski definition) is 5. The Morgan fingerprint density at radius 3 is 1.95 bits per heavy atom. The molecule has 2 aromatic carbocycles. The summed E-state index contributed by atoms with van der Waals surface area (Å²) in [4.78, 5) is 59.2. The van der Waals surface area contributed by atoms with Gasteiger partial charge in [0.05, 0.1) is 6.04 Å². The molecule has 0 aliphatic carbocycles. The van der Waals surface area contributed by atoms with Gasteiger partial charge in [0.1, 0.15) is 18.1 Å². The fourth-order valence-electron chi connectivity index (χ4n) is 5.85. The van der Waals surface area contributed by atoms with Crippen LogP contribution in [0.5, 0.6) is 0 Å². The number of para-hydroxylation sites is 2. The zero-order valence-electron chi connectivity index (χ0n) is 25.0. The first kappa shape index (κ1) is 30.8. The Hall–Kier alpha value is -4.64. The van der Waals surface area contributed by atoms with Crippen molar-refractivity contribution in [1.82, 2.24) is 31.2 Å². The number of fused-ring (bicyclic) bond motifs is 2. The monoisotopic (exact) mass is 600 g/mol. The fourth-order valence-corrected chi connectivity index (χ4v) is 5.85. The number of amides is 3. The van der Waals surface area contributed by atoms with Crippen LogP contribution in [0.1, 0.15) is 44.2 Å². The number of rotatable bonds is 13. The van der Waals surface area contributed by atoms with Gasteiger partial charge in [-0.2, -0.15) is 0 Å². The summed E-state index contributed by atoms with van der Waals surface area (Å²) in [5.41, 5.74) is 3.30. The van der Waals surface area contributed by atoms with Gasteiger partial charge in [0.25, 0.3) is 0 Å². The minimum absolute atomic E-state index is 0.0543. The van der Waals surface area contributed by atoms with E-state index in [0.717, 1.165) is 45.9 Å². The van der Waals surface area contributed by atoms with Gasteiger partial charge in [0, 0.05) is 47.0 Å². The largest absolute Gasteiger partial charge is 0.480 e. The van der Waals surface area contributed by atoms with Crippen LogP contribution >= 0.6 is 0 Å². The van der Waals surface area contributed by atoms with Gasteiger partial charge in [-0.1, -0.05) is 56.7 Å². The molecule has 232 valence electrons. The van der Waals surface area contributed by atoms with Gasteiger partial charge >= 0.3 is 5.97 Å². The standard InChI is InChI=1S/C33H40N6O5/c1-3-19(2)29(39-30(40)26-13-8-14-34-26)32(42)37-27(15-20-17-35-24-11-6-4-9-22(20)24)31(41)38-28(33(43)44)16-21-18-36-25-12-7-5-10-23(21)25/h4-7,9-12,17-19,26-29,34-36H,3,8,13-16H2,1-2H3,(H,37,42)(H,38,41)(H,39,40)(H,43,44). The number of aromatic nitrogens is 2. The number of carboxylic acid groups (broad SMARTS) is 1. The molecule has 4 aromatic rings. The van der Waals surface area contributed by atoms with Gasteiger partial charge in [-0.15, -0.1) is 0 Å². The highest BCUT2D eigenvalue weighted by Gasteiger charge is 2.34. The summed E-state index contributed by atoms with van der Waals surface area (Å²) in [6, 6.07) is 11.6. The molecule has 11 heteroatoms. The van der Waals surface area contributed by atoms with E-state index in [1.807, 2.05) is 62.4 Å². The number of nitrogens with one attached hydrogen (secondary N) is 6. The van der Waals surface area contributed by atoms with Crippen molar-refractivity contribution in [2.75, 3.05) is 6.54 Å². The van der Waals surface area contributed by atoms with Gasteiger partial charge in [0.15, 0.2) is 0 Å². The highest BCUT2D eigenvalue weighted by Crippen LogP contribution is 2.21. The molecule has 2 aromatic heterocycles. The molecule has 3 amide bonds. The Morgan fingerprint density at radius 2 is 1.41 bits per heavy atom. The lowest BCUT2D eigenvalue weighted by Crippen LogP contribution is -2.59. The fraction of sp³-hybridized carbons (Fsp3) is 0.394. The van der Waals surface area contributed by atoms with Crippen LogP contribution in [-0.2, 0) is 32.0 Å². The molecule has 7 N–H and O–H groups in total. The number of benzene rings is 2. The molecule has 0 spiro atoms.